The summed E-state index contributed by atoms with van der Waals surface area (Å²) in [7, 11) is 3.50. The third-order valence-corrected chi connectivity index (χ3v) is 5.49. The van der Waals surface area contributed by atoms with Gasteiger partial charge in [-0.05, 0) is 36.8 Å². The molecule has 1 aliphatic rings. The zero-order valence-electron chi connectivity index (χ0n) is 13.7. The fourth-order valence-corrected chi connectivity index (χ4v) is 4.02. The van der Waals surface area contributed by atoms with Gasteiger partial charge in [0, 0.05) is 19.0 Å². The third kappa shape index (κ3) is 3.62. The van der Waals surface area contributed by atoms with Crippen LogP contribution in [0.25, 0.3) is 0 Å². The quantitative estimate of drug-likeness (QED) is 0.844. The molecule has 122 valence electrons. The van der Waals surface area contributed by atoms with Crippen LogP contribution in [0.3, 0.4) is 0 Å². The fourth-order valence-electron chi connectivity index (χ4n) is 2.90. The summed E-state index contributed by atoms with van der Waals surface area (Å²) in [6.07, 6.45) is 4.96. The number of benzene rings is 1. The van der Waals surface area contributed by atoms with E-state index in [0.29, 0.717) is 13.0 Å². The molecule has 0 saturated heterocycles. The molecule has 4 nitrogen and oxygen atoms in total. The van der Waals surface area contributed by atoms with E-state index in [-0.39, 0.29) is 5.91 Å². The number of rotatable bonds is 5. The Balaban J connectivity index is 1.74. The minimum atomic E-state index is 0.0691. The van der Waals surface area contributed by atoms with Crippen LogP contribution in [0, 0.1) is 0 Å². The number of likely N-dealkylation sites (N-methyl/N-ethyl adjacent to an activating group) is 1. The number of ether oxygens (including phenoxy) is 1. The lowest BCUT2D eigenvalue weighted by Crippen LogP contribution is -2.28. The number of methoxy groups -OCH3 is 1. The van der Waals surface area contributed by atoms with E-state index in [4.69, 9.17) is 4.74 Å². The molecule has 0 bridgehead atoms. The third-order valence-electron chi connectivity index (χ3n) is 4.26. The van der Waals surface area contributed by atoms with E-state index >= 15 is 0 Å². The van der Waals surface area contributed by atoms with Crippen LogP contribution in [0.2, 0.25) is 0 Å². The maximum atomic E-state index is 12.6. The summed E-state index contributed by atoms with van der Waals surface area (Å²) in [6, 6.07) is 7.94. The van der Waals surface area contributed by atoms with Crippen molar-refractivity contribution in [1.29, 1.82) is 0 Å². The van der Waals surface area contributed by atoms with Crippen molar-refractivity contribution in [1.82, 2.24) is 4.98 Å². The molecule has 3 rings (SSSR count). The van der Waals surface area contributed by atoms with Gasteiger partial charge in [0.2, 0.25) is 5.91 Å². The Hall–Kier alpha value is -1.72. The van der Waals surface area contributed by atoms with Crippen LogP contribution >= 0.6 is 11.3 Å². The summed E-state index contributed by atoms with van der Waals surface area (Å²) in [6.45, 7) is 0.527. The first-order valence-electron chi connectivity index (χ1n) is 8.00. The Morgan fingerprint density at radius 2 is 2.00 bits per heavy atom. The highest BCUT2D eigenvalue weighted by molar-refractivity contribution is 7.15. The number of hydrogen-bond acceptors (Lipinski definition) is 4. The Morgan fingerprint density at radius 3 is 2.74 bits per heavy atom. The van der Waals surface area contributed by atoms with E-state index in [1.165, 1.54) is 23.4 Å². The van der Waals surface area contributed by atoms with Gasteiger partial charge in [-0.2, -0.15) is 0 Å². The number of aromatic nitrogens is 1. The Bertz CT molecular complexity index is 673. The summed E-state index contributed by atoms with van der Waals surface area (Å²) in [5.41, 5.74) is 3.28. The summed E-state index contributed by atoms with van der Waals surface area (Å²) in [5, 5.41) is 0.825. The highest BCUT2D eigenvalue weighted by Crippen LogP contribution is 2.31. The summed E-state index contributed by atoms with van der Waals surface area (Å²) in [4.78, 5) is 20.4. The van der Waals surface area contributed by atoms with E-state index in [9.17, 15) is 4.79 Å². The molecular weight excluding hydrogens is 308 g/mol. The zero-order valence-corrected chi connectivity index (χ0v) is 14.5. The van der Waals surface area contributed by atoms with Gasteiger partial charge in [-0.1, -0.05) is 24.3 Å². The van der Waals surface area contributed by atoms with E-state index in [2.05, 4.69) is 4.98 Å². The van der Waals surface area contributed by atoms with Crippen LogP contribution in [0.5, 0.6) is 0 Å². The molecule has 23 heavy (non-hydrogen) atoms. The van der Waals surface area contributed by atoms with E-state index in [0.717, 1.165) is 29.1 Å². The number of aryl methyl sites for hydroxylation is 2. The van der Waals surface area contributed by atoms with Gasteiger partial charge in [-0.15, -0.1) is 11.3 Å². The number of fused-ring (bicyclic) bond motifs is 1. The smallest absolute Gasteiger partial charge is 0.232 e. The second kappa shape index (κ2) is 7.23. The van der Waals surface area contributed by atoms with Crippen molar-refractivity contribution in [3.63, 3.8) is 0 Å². The molecule has 0 radical (unpaired) electrons. The molecule has 0 fully saturated rings. The van der Waals surface area contributed by atoms with Crippen molar-refractivity contribution in [3.05, 3.63) is 46.0 Å². The maximum absolute atomic E-state index is 12.6. The zero-order chi connectivity index (χ0) is 16.2. The first kappa shape index (κ1) is 16.1. The Morgan fingerprint density at radius 1 is 1.26 bits per heavy atom. The van der Waals surface area contributed by atoms with Gasteiger partial charge in [0.1, 0.15) is 0 Å². The second-order valence-electron chi connectivity index (χ2n) is 5.90. The topological polar surface area (TPSA) is 42.4 Å². The van der Waals surface area contributed by atoms with E-state index < -0.39 is 0 Å². The van der Waals surface area contributed by atoms with Gasteiger partial charge < -0.3 is 4.74 Å². The monoisotopic (exact) mass is 330 g/mol. The fraction of sp³-hybridized carbons (Fsp3) is 0.444. The molecule has 2 aromatic rings. The van der Waals surface area contributed by atoms with Gasteiger partial charge in [-0.3, -0.25) is 9.69 Å². The van der Waals surface area contributed by atoms with Crippen LogP contribution in [0.15, 0.2) is 24.3 Å². The molecule has 0 unspecified atom stereocenters. The molecule has 0 saturated carbocycles. The molecule has 0 N–H and O–H groups in total. The predicted molar refractivity (Wildman–Crippen MR) is 93.0 cm³/mol. The lowest BCUT2D eigenvalue weighted by Gasteiger charge is -2.15. The Kier molecular flexibility index (Phi) is 5.08. The SMILES string of the molecule is COCc1ccccc1CC(=O)N(C)c1nc2c(s1)CCCC2. The van der Waals surface area contributed by atoms with Gasteiger partial charge in [0.15, 0.2) is 5.13 Å². The summed E-state index contributed by atoms with van der Waals surface area (Å²) >= 11 is 1.67. The average molecular weight is 330 g/mol. The summed E-state index contributed by atoms with van der Waals surface area (Å²) in [5.74, 6) is 0.0691. The van der Waals surface area contributed by atoms with Gasteiger partial charge in [0.25, 0.3) is 0 Å². The van der Waals surface area contributed by atoms with E-state index in [1.54, 1.807) is 23.3 Å². The number of anilines is 1. The van der Waals surface area contributed by atoms with E-state index in [1.807, 2.05) is 31.3 Å². The van der Waals surface area contributed by atoms with Crippen molar-refractivity contribution in [2.45, 2.75) is 38.7 Å². The highest BCUT2D eigenvalue weighted by Gasteiger charge is 2.21. The molecule has 0 spiro atoms. The number of amides is 1. The normalized spacial score (nSPS) is 13.7. The molecule has 1 aliphatic carbocycles. The average Bonchev–Trinajstić information content (AvgIpc) is 3.00. The standard InChI is InChI=1S/C18H22N2O2S/c1-20(18-19-15-9-5-6-10-16(15)23-18)17(21)11-13-7-3-4-8-14(13)12-22-2/h3-4,7-8H,5-6,9-12H2,1-2H3. The van der Waals surface area contributed by atoms with Gasteiger partial charge in [-0.25, -0.2) is 4.98 Å². The van der Waals surface area contributed by atoms with Crippen LogP contribution < -0.4 is 4.90 Å². The van der Waals surface area contributed by atoms with Crippen molar-refractivity contribution in [2.24, 2.45) is 0 Å². The molecule has 1 aromatic carbocycles. The van der Waals surface area contributed by atoms with Crippen molar-refractivity contribution in [2.75, 3.05) is 19.1 Å². The number of carbonyl (C=O) groups excluding carboxylic acids is 1. The lowest BCUT2D eigenvalue weighted by atomic mass is 10.0. The largest absolute Gasteiger partial charge is 0.380 e. The van der Waals surface area contributed by atoms with Crippen LogP contribution in [0.4, 0.5) is 5.13 Å². The molecule has 1 amide bonds. The van der Waals surface area contributed by atoms with Crippen LogP contribution in [-0.4, -0.2) is 25.0 Å². The predicted octanol–water partition coefficient (Wildman–Crippen LogP) is 3.37. The number of nitrogens with zero attached hydrogens (tertiary/aromatic N) is 2. The molecular formula is C18H22N2O2S. The van der Waals surface area contributed by atoms with Crippen LogP contribution in [0.1, 0.15) is 34.5 Å². The van der Waals surface area contributed by atoms with Crippen molar-refractivity contribution in [3.8, 4) is 0 Å². The second-order valence-corrected chi connectivity index (χ2v) is 6.97. The number of carbonyl (C=O) groups is 1. The summed E-state index contributed by atoms with van der Waals surface area (Å²) < 4.78 is 5.22. The van der Waals surface area contributed by atoms with Crippen molar-refractivity contribution >= 4 is 22.4 Å². The highest BCUT2D eigenvalue weighted by atomic mass is 32.1. The number of hydrogen-bond donors (Lipinski definition) is 0. The van der Waals surface area contributed by atoms with Gasteiger partial charge in [0.05, 0.1) is 18.7 Å². The first-order valence-corrected chi connectivity index (χ1v) is 8.81. The number of thiazole rings is 1. The molecule has 1 aromatic heterocycles. The minimum absolute atomic E-state index is 0.0691. The first-order chi connectivity index (χ1) is 11.2. The molecule has 0 atom stereocenters. The molecule has 5 heteroatoms. The van der Waals surface area contributed by atoms with Crippen LogP contribution in [-0.2, 0) is 35.4 Å². The molecule has 1 heterocycles. The van der Waals surface area contributed by atoms with Crippen molar-refractivity contribution < 1.29 is 9.53 Å². The van der Waals surface area contributed by atoms with Gasteiger partial charge >= 0.3 is 0 Å². The minimum Gasteiger partial charge on any atom is -0.380 e. The molecule has 0 aliphatic heterocycles. The maximum Gasteiger partial charge on any atom is 0.232 e. The lowest BCUT2D eigenvalue weighted by molar-refractivity contribution is -0.117. The Labute approximate surface area is 141 Å².